The van der Waals surface area contributed by atoms with Gasteiger partial charge in [0.2, 0.25) is 0 Å². The maximum atomic E-state index is 10.3. The van der Waals surface area contributed by atoms with E-state index in [9.17, 15) is 5.11 Å². The lowest BCUT2D eigenvalue weighted by atomic mass is 9.77. The number of hydrogen-bond acceptors (Lipinski definition) is 4. The summed E-state index contributed by atoms with van der Waals surface area (Å²) in [5, 5.41) is 10.3. The number of rotatable bonds is 5. The average molecular weight is 330 g/mol. The van der Waals surface area contributed by atoms with Crippen LogP contribution in [0.3, 0.4) is 0 Å². The van der Waals surface area contributed by atoms with E-state index in [1.165, 1.54) is 6.42 Å². The van der Waals surface area contributed by atoms with Crippen LogP contribution >= 0.6 is 15.9 Å². The fourth-order valence-corrected chi connectivity index (χ4v) is 2.89. The highest BCUT2D eigenvalue weighted by Crippen LogP contribution is 2.40. The molecule has 0 saturated heterocycles. The summed E-state index contributed by atoms with van der Waals surface area (Å²) in [6.45, 7) is 0. The van der Waals surface area contributed by atoms with E-state index in [0.29, 0.717) is 17.4 Å². The lowest BCUT2D eigenvalue weighted by molar-refractivity contribution is 0.0407. The number of hydrogen-bond donors (Lipinski definition) is 2. The number of aliphatic hydroxyl groups excluding tert-OH is 1. The van der Waals surface area contributed by atoms with Gasteiger partial charge in [0.15, 0.2) is 0 Å². The minimum absolute atomic E-state index is 0.300. The molecule has 0 aromatic heterocycles. The zero-order valence-electron chi connectivity index (χ0n) is 11.2. The summed E-state index contributed by atoms with van der Waals surface area (Å²) < 4.78 is 11.4. The predicted molar refractivity (Wildman–Crippen MR) is 77.5 cm³/mol. The van der Waals surface area contributed by atoms with E-state index < -0.39 is 12.1 Å². The SMILES string of the molecule is COc1cc([C@@H](N)[C@@H](O)C2CCC2)c(OC)cc1Br. The van der Waals surface area contributed by atoms with Crippen molar-refractivity contribution in [3.63, 3.8) is 0 Å². The van der Waals surface area contributed by atoms with Crippen molar-refractivity contribution in [3.05, 3.63) is 22.2 Å². The Morgan fingerprint density at radius 3 is 2.37 bits per heavy atom. The maximum absolute atomic E-state index is 10.3. The van der Waals surface area contributed by atoms with Crippen molar-refractivity contribution in [1.82, 2.24) is 0 Å². The Balaban J connectivity index is 2.30. The monoisotopic (exact) mass is 329 g/mol. The molecule has 1 fully saturated rings. The number of benzene rings is 1. The molecule has 0 unspecified atom stereocenters. The normalized spacial score (nSPS) is 18.6. The van der Waals surface area contributed by atoms with Gasteiger partial charge in [-0.25, -0.2) is 0 Å². The summed E-state index contributed by atoms with van der Waals surface area (Å²) in [5.74, 6) is 1.65. The Bertz CT molecular complexity index is 449. The molecule has 0 heterocycles. The van der Waals surface area contributed by atoms with E-state index in [1.54, 1.807) is 14.2 Å². The molecular weight excluding hydrogens is 310 g/mol. The summed E-state index contributed by atoms with van der Waals surface area (Å²) in [6, 6.07) is 3.19. The van der Waals surface area contributed by atoms with Crippen LogP contribution in [-0.4, -0.2) is 25.4 Å². The molecule has 1 aliphatic carbocycles. The Kier molecular flexibility index (Phi) is 4.71. The van der Waals surface area contributed by atoms with Gasteiger partial charge in [-0.05, 0) is 46.8 Å². The Morgan fingerprint density at radius 2 is 1.89 bits per heavy atom. The molecule has 4 nitrogen and oxygen atoms in total. The summed E-state index contributed by atoms with van der Waals surface area (Å²) in [7, 11) is 3.20. The number of nitrogens with two attached hydrogens (primary N) is 1. The molecule has 0 spiro atoms. The summed E-state index contributed by atoms with van der Waals surface area (Å²) in [4.78, 5) is 0. The van der Waals surface area contributed by atoms with E-state index in [4.69, 9.17) is 15.2 Å². The van der Waals surface area contributed by atoms with Gasteiger partial charge >= 0.3 is 0 Å². The smallest absolute Gasteiger partial charge is 0.133 e. The maximum Gasteiger partial charge on any atom is 0.133 e. The van der Waals surface area contributed by atoms with Gasteiger partial charge in [-0.3, -0.25) is 0 Å². The Labute approximate surface area is 122 Å². The second-order valence-electron chi connectivity index (χ2n) is 4.94. The van der Waals surface area contributed by atoms with Crippen molar-refractivity contribution >= 4 is 15.9 Å². The summed E-state index contributed by atoms with van der Waals surface area (Å²) in [6.07, 6.45) is 2.74. The highest BCUT2D eigenvalue weighted by Gasteiger charge is 2.32. The summed E-state index contributed by atoms with van der Waals surface area (Å²) >= 11 is 3.41. The summed E-state index contributed by atoms with van der Waals surface area (Å²) in [5.41, 5.74) is 6.98. The van der Waals surface area contributed by atoms with Crippen molar-refractivity contribution in [2.45, 2.75) is 31.4 Å². The first-order valence-electron chi connectivity index (χ1n) is 6.43. The van der Waals surface area contributed by atoms with Crippen LogP contribution in [0.5, 0.6) is 11.5 Å². The molecular formula is C14H20BrNO3. The second kappa shape index (κ2) is 6.11. The van der Waals surface area contributed by atoms with Crippen molar-refractivity contribution < 1.29 is 14.6 Å². The molecule has 5 heteroatoms. The van der Waals surface area contributed by atoms with Gasteiger partial charge in [0, 0.05) is 5.56 Å². The fourth-order valence-electron chi connectivity index (χ4n) is 2.40. The molecule has 3 N–H and O–H groups in total. The van der Waals surface area contributed by atoms with E-state index in [2.05, 4.69) is 15.9 Å². The number of ether oxygens (including phenoxy) is 2. The van der Waals surface area contributed by atoms with Gasteiger partial charge in [-0.1, -0.05) is 6.42 Å². The third-order valence-corrected chi connectivity index (χ3v) is 4.48. The van der Waals surface area contributed by atoms with Crippen LogP contribution in [0.15, 0.2) is 16.6 Å². The van der Waals surface area contributed by atoms with Crippen molar-refractivity contribution in [3.8, 4) is 11.5 Å². The first kappa shape index (κ1) is 14.6. The Hall–Kier alpha value is -0.780. The van der Waals surface area contributed by atoms with Crippen LogP contribution in [-0.2, 0) is 0 Å². The van der Waals surface area contributed by atoms with E-state index in [-0.39, 0.29) is 0 Å². The van der Waals surface area contributed by atoms with Crippen LogP contribution < -0.4 is 15.2 Å². The number of halogens is 1. The number of aliphatic hydroxyl groups is 1. The van der Waals surface area contributed by atoms with Crippen LogP contribution in [0, 0.1) is 5.92 Å². The molecule has 1 aromatic carbocycles. The lowest BCUT2D eigenvalue weighted by Crippen LogP contribution is -2.36. The van der Waals surface area contributed by atoms with Gasteiger partial charge < -0.3 is 20.3 Å². The minimum atomic E-state index is -0.534. The average Bonchev–Trinajstić information content (AvgIpc) is 2.35. The molecule has 0 bridgehead atoms. The lowest BCUT2D eigenvalue weighted by Gasteiger charge is -2.34. The third kappa shape index (κ3) is 2.88. The largest absolute Gasteiger partial charge is 0.496 e. The predicted octanol–water partition coefficient (Wildman–Crippen LogP) is 2.63. The molecule has 106 valence electrons. The van der Waals surface area contributed by atoms with E-state index in [1.807, 2.05) is 12.1 Å². The van der Waals surface area contributed by atoms with Gasteiger partial charge in [-0.15, -0.1) is 0 Å². The molecule has 0 aliphatic heterocycles. The molecule has 0 amide bonds. The third-order valence-electron chi connectivity index (χ3n) is 3.86. The van der Waals surface area contributed by atoms with Crippen molar-refractivity contribution in [1.29, 1.82) is 0 Å². The van der Waals surface area contributed by atoms with Crippen LogP contribution in [0.2, 0.25) is 0 Å². The van der Waals surface area contributed by atoms with Crippen LogP contribution in [0.25, 0.3) is 0 Å². The molecule has 1 saturated carbocycles. The highest BCUT2D eigenvalue weighted by atomic mass is 79.9. The van der Waals surface area contributed by atoms with Gasteiger partial charge in [0.1, 0.15) is 11.5 Å². The molecule has 1 aliphatic rings. The molecule has 0 radical (unpaired) electrons. The Morgan fingerprint density at radius 1 is 1.26 bits per heavy atom. The van der Waals surface area contributed by atoms with Crippen molar-refractivity contribution in [2.24, 2.45) is 11.7 Å². The molecule has 2 rings (SSSR count). The standard InChI is InChI=1S/C14H20BrNO3/c1-18-11-7-10(15)12(19-2)6-9(11)13(16)14(17)8-4-3-5-8/h6-8,13-14,17H,3-5,16H2,1-2H3/t13-,14+/m1/s1. The first-order valence-corrected chi connectivity index (χ1v) is 7.22. The van der Waals surface area contributed by atoms with Crippen molar-refractivity contribution in [2.75, 3.05) is 14.2 Å². The van der Waals surface area contributed by atoms with Crippen LogP contribution in [0.4, 0.5) is 0 Å². The highest BCUT2D eigenvalue weighted by molar-refractivity contribution is 9.10. The van der Waals surface area contributed by atoms with Gasteiger partial charge in [-0.2, -0.15) is 0 Å². The topological polar surface area (TPSA) is 64.7 Å². The van der Waals surface area contributed by atoms with Gasteiger partial charge in [0.05, 0.1) is 30.8 Å². The molecule has 19 heavy (non-hydrogen) atoms. The minimum Gasteiger partial charge on any atom is -0.496 e. The van der Waals surface area contributed by atoms with E-state index in [0.717, 1.165) is 22.9 Å². The molecule has 2 atom stereocenters. The fraction of sp³-hybridized carbons (Fsp3) is 0.571. The second-order valence-corrected chi connectivity index (χ2v) is 5.79. The van der Waals surface area contributed by atoms with Crippen LogP contribution in [0.1, 0.15) is 30.9 Å². The van der Waals surface area contributed by atoms with Gasteiger partial charge in [0.25, 0.3) is 0 Å². The molecule has 1 aromatic rings. The van der Waals surface area contributed by atoms with E-state index >= 15 is 0 Å². The first-order chi connectivity index (χ1) is 9.08. The quantitative estimate of drug-likeness (QED) is 0.871. The zero-order chi connectivity index (χ0) is 14.0. The zero-order valence-corrected chi connectivity index (χ0v) is 12.8. The number of methoxy groups -OCH3 is 2.